The number of rotatable bonds is 13. The Bertz CT molecular complexity index is 1490. The summed E-state index contributed by atoms with van der Waals surface area (Å²) in [5.41, 5.74) is 0.863. The van der Waals surface area contributed by atoms with Crippen molar-refractivity contribution in [3.05, 3.63) is 48.0 Å². The average Bonchev–Trinajstić information content (AvgIpc) is 3.36. The second kappa shape index (κ2) is 15.3. The first kappa shape index (κ1) is 39.2. The number of nitrogens with zero attached hydrogens (tertiary/aromatic N) is 1. The van der Waals surface area contributed by atoms with Crippen molar-refractivity contribution in [3.8, 4) is 0 Å². The summed E-state index contributed by atoms with van der Waals surface area (Å²) < 4.78 is 4.23. The number of hydrogen-bond donors (Lipinski definition) is 4. The summed E-state index contributed by atoms with van der Waals surface area (Å²) in [6.07, 6.45) is 2.17. The SMILES string of the molecule is C=CCCC(NC(=O)[C@@H]1[C@@H]2C(CN1C(=O)[C@@H](NC(=O)OC(C)(C)C)C1Cc3ccccc3C1)C2(Cl)Cl)C(=O)C(=O)NCCC(=O)NC(C)(C)C. The lowest BCUT2D eigenvalue weighted by molar-refractivity contribution is -0.144. The second-order valence-corrected chi connectivity index (χ2v) is 16.8. The summed E-state index contributed by atoms with van der Waals surface area (Å²) in [5.74, 6) is -4.72. The van der Waals surface area contributed by atoms with E-state index in [2.05, 4.69) is 27.8 Å². The van der Waals surface area contributed by atoms with Gasteiger partial charge in [-0.1, -0.05) is 30.3 Å². The molecule has 1 aromatic carbocycles. The zero-order valence-electron chi connectivity index (χ0n) is 29.6. The lowest BCUT2D eigenvalue weighted by Gasteiger charge is -2.35. The van der Waals surface area contributed by atoms with Crippen LogP contribution in [0, 0.1) is 17.8 Å². The van der Waals surface area contributed by atoms with E-state index in [1.54, 1.807) is 26.8 Å². The van der Waals surface area contributed by atoms with Gasteiger partial charge in [0.15, 0.2) is 0 Å². The molecule has 4 rings (SSSR count). The van der Waals surface area contributed by atoms with E-state index in [9.17, 15) is 28.8 Å². The third-order valence-electron chi connectivity index (χ3n) is 9.04. The van der Waals surface area contributed by atoms with Crippen molar-refractivity contribution >= 4 is 58.7 Å². The minimum Gasteiger partial charge on any atom is -0.444 e. The van der Waals surface area contributed by atoms with Gasteiger partial charge in [0.05, 0.1) is 6.04 Å². The van der Waals surface area contributed by atoms with Crippen LogP contribution in [0.5, 0.6) is 0 Å². The maximum absolute atomic E-state index is 14.4. The number of fused-ring (bicyclic) bond motifs is 2. The Morgan fingerprint density at radius 1 is 1.02 bits per heavy atom. The number of allylic oxidation sites excluding steroid dienone is 1. The van der Waals surface area contributed by atoms with Gasteiger partial charge in [0, 0.05) is 36.9 Å². The maximum atomic E-state index is 14.4. The fraction of sp³-hybridized carbons (Fsp3) is 0.611. The number of hydrogen-bond acceptors (Lipinski definition) is 7. The van der Waals surface area contributed by atoms with Crippen LogP contribution in [0.4, 0.5) is 4.79 Å². The molecule has 2 fully saturated rings. The molecule has 5 atom stereocenters. The highest BCUT2D eigenvalue weighted by molar-refractivity contribution is 6.51. The van der Waals surface area contributed by atoms with E-state index in [1.165, 1.54) is 4.90 Å². The van der Waals surface area contributed by atoms with E-state index in [0.29, 0.717) is 19.3 Å². The van der Waals surface area contributed by atoms with Gasteiger partial charge >= 0.3 is 6.09 Å². The molecule has 1 aromatic rings. The number of alkyl halides is 2. The number of ketones is 1. The summed E-state index contributed by atoms with van der Waals surface area (Å²) in [7, 11) is 0. The molecule has 0 bridgehead atoms. The van der Waals surface area contributed by atoms with Gasteiger partial charge in [-0.15, -0.1) is 29.8 Å². The number of carbonyl (C=O) groups is 6. The van der Waals surface area contributed by atoms with Crippen LogP contribution in [0.25, 0.3) is 0 Å². The van der Waals surface area contributed by atoms with Crippen LogP contribution in [0.15, 0.2) is 36.9 Å². The number of benzene rings is 1. The predicted molar refractivity (Wildman–Crippen MR) is 189 cm³/mol. The van der Waals surface area contributed by atoms with Gasteiger partial charge in [0.2, 0.25) is 23.5 Å². The van der Waals surface area contributed by atoms with Crippen LogP contribution in [-0.2, 0) is 41.6 Å². The van der Waals surface area contributed by atoms with Crippen LogP contribution in [0.2, 0.25) is 0 Å². The number of Topliss-reactive ketones (excluding diaryl/α,β-unsaturated/α-hetero) is 1. The number of alkyl carbamates (subject to hydrolysis) is 1. The molecular weight excluding hydrogens is 685 g/mol. The summed E-state index contributed by atoms with van der Waals surface area (Å²) in [5, 5.41) is 10.7. The fourth-order valence-corrected chi connectivity index (χ4v) is 7.61. The maximum Gasteiger partial charge on any atom is 0.408 e. The Morgan fingerprint density at radius 3 is 2.20 bits per heavy atom. The highest BCUT2D eigenvalue weighted by atomic mass is 35.5. The molecule has 4 N–H and O–H groups in total. The van der Waals surface area contributed by atoms with Gasteiger partial charge in [-0.2, -0.15) is 0 Å². The van der Waals surface area contributed by atoms with Crippen molar-refractivity contribution < 1.29 is 33.5 Å². The number of halogens is 2. The molecule has 1 saturated heterocycles. The minimum atomic E-state index is -1.28. The van der Waals surface area contributed by atoms with Gasteiger partial charge in [-0.05, 0) is 84.3 Å². The predicted octanol–water partition coefficient (Wildman–Crippen LogP) is 3.37. The summed E-state index contributed by atoms with van der Waals surface area (Å²) in [4.78, 5) is 81.3. The second-order valence-electron chi connectivity index (χ2n) is 15.4. The summed E-state index contributed by atoms with van der Waals surface area (Å²) in [6.45, 7) is 14.3. The smallest absolute Gasteiger partial charge is 0.408 e. The van der Waals surface area contributed by atoms with Gasteiger partial charge in [0.1, 0.15) is 22.0 Å². The van der Waals surface area contributed by atoms with Crippen molar-refractivity contribution in [1.29, 1.82) is 0 Å². The van der Waals surface area contributed by atoms with Gasteiger partial charge in [0.25, 0.3) is 5.91 Å². The Labute approximate surface area is 303 Å². The molecule has 2 unspecified atom stereocenters. The molecule has 12 nitrogen and oxygen atoms in total. The molecule has 5 amide bonds. The zero-order valence-corrected chi connectivity index (χ0v) is 31.1. The lowest BCUT2D eigenvalue weighted by atomic mass is 9.94. The number of piperidine rings is 1. The third-order valence-corrected chi connectivity index (χ3v) is 10.1. The van der Waals surface area contributed by atoms with Crippen LogP contribution in [0.1, 0.15) is 71.9 Å². The van der Waals surface area contributed by atoms with E-state index in [1.807, 2.05) is 45.0 Å². The molecule has 3 aliphatic rings. The first-order valence-corrected chi connectivity index (χ1v) is 17.8. The van der Waals surface area contributed by atoms with Crippen molar-refractivity contribution in [3.63, 3.8) is 0 Å². The number of likely N-dealkylation sites (tertiary alicyclic amines) is 1. The van der Waals surface area contributed by atoms with Crippen molar-refractivity contribution in [2.45, 2.75) is 107 Å². The molecule has 1 saturated carbocycles. The van der Waals surface area contributed by atoms with Gasteiger partial charge in [-0.3, -0.25) is 24.0 Å². The van der Waals surface area contributed by atoms with Crippen LogP contribution in [-0.4, -0.2) is 87.1 Å². The average molecular weight is 735 g/mol. The molecule has 1 aliphatic heterocycles. The number of carbonyl (C=O) groups excluding carboxylic acids is 6. The molecule has 0 radical (unpaired) electrons. The topological polar surface area (TPSA) is 163 Å². The van der Waals surface area contributed by atoms with E-state index < -0.39 is 75.0 Å². The van der Waals surface area contributed by atoms with Crippen molar-refractivity contribution in [2.75, 3.05) is 13.1 Å². The standard InChI is InChI=1S/C36H49Cl2N5O7/c1-8-9-14-24(29(45)31(47)39-16-15-25(44)42-34(2,3)4)40-30(46)28-26-23(36(26,37)38)19-43(28)32(48)27(41-33(49)50-35(5,6)7)22-17-20-12-10-11-13-21(20)18-22/h8,10-13,22-24,26-28H,1,9,14-19H2,2-7H3,(H,39,47)(H,40,46)(H,41,49)(H,42,44)/t23?,24?,26-,27-,28-/m0/s1. The van der Waals surface area contributed by atoms with Crippen LogP contribution >= 0.6 is 23.2 Å². The summed E-state index contributed by atoms with van der Waals surface area (Å²) in [6, 6.07) is 4.35. The molecule has 0 aromatic heterocycles. The highest BCUT2D eigenvalue weighted by Gasteiger charge is 2.74. The van der Waals surface area contributed by atoms with Crippen molar-refractivity contribution in [2.24, 2.45) is 17.8 Å². The molecule has 1 heterocycles. The largest absolute Gasteiger partial charge is 0.444 e. The monoisotopic (exact) mass is 733 g/mol. The molecule has 2 aliphatic carbocycles. The minimum absolute atomic E-state index is 0.0414. The number of ether oxygens (including phenoxy) is 1. The lowest BCUT2D eigenvalue weighted by Crippen LogP contribution is -2.60. The number of nitrogens with one attached hydrogen (secondary N) is 4. The quantitative estimate of drug-likeness (QED) is 0.137. The molecule has 0 spiro atoms. The Hall–Kier alpha value is -3.64. The summed E-state index contributed by atoms with van der Waals surface area (Å²) >= 11 is 13.2. The van der Waals surface area contributed by atoms with Crippen LogP contribution < -0.4 is 21.3 Å². The molecular formula is C36H49Cl2N5O7. The van der Waals surface area contributed by atoms with Crippen LogP contribution in [0.3, 0.4) is 0 Å². The Balaban J connectivity index is 1.52. The normalized spacial score (nSPS) is 21.9. The Morgan fingerprint density at radius 2 is 1.64 bits per heavy atom. The zero-order chi connectivity index (χ0) is 37.2. The van der Waals surface area contributed by atoms with Crippen molar-refractivity contribution in [1.82, 2.24) is 26.2 Å². The van der Waals surface area contributed by atoms with E-state index in [-0.39, 0.29) is 37.8 Å². The van der Waals surface area contributed by atoms with Gasteiger partial charge in [-0.25, -0.2) is 4.79 Å². The Kier molecular flexibility index (Phi) is 12.0. The molecule has 274 valence electrons. The third kappa shape index (κ3) is 9.57. The first-order valence-electron chi connectivity index (χ1n) is 17.0. The van der Waals surface area contributed by atoms with Gasteiger partial charge < -0.3 is 30.9 Å². The fourth-order valence-electron chi connectivity index (χ4n) is 6.78. The van der Waals surface area contributed by atoms with E-state index in [0.717, 1.165) is 11.1 Å². The molecule has 14 heteroatoms. The number of amides is 5. The van der Waals surface area contributed by atoms with E-state index >= 15 is 0 Å². The highest BCUT2D eigenvalue weighted by Crippen LogP contribution is 2.65. The molecule has 50 heavy (non-hydrogen) atoms. The first-order chi connectivity index (χ1) is 23.2. The van der Waals surface area contributed by atoms with E-state index in [4.69, 9.17) is 27.9 Å².